The monoisotopic (exact) mass is 376 g/mol. The summed E-state index contributed by atoms with van der Waals surface area (Å²) in [6, 6.07) is 4.96. The Kier molecular flexibility index (Phi) is 6.51. The molecule has 0 aromatic carbocycles. The molecule has 25 heavy (non-hydrogen) atoms. The topological polar surface area (TPSA) is 39.7 Å². The predicted octanol–water partition coefficient (Wildman–Crippen LogP) is 3.52. The van der Waals surface area contributed by atoms with Crippen LogP contribution < -0.4 is 10.6 Å². The van der Waals surface area contributed by atoms with E-state index in [4.69, 9.17) is 0 Å². The minimum atomic E-state index is 0.487. The van der Waals surface area contributed by atoms with Gasteiger partial charge in [-0.05, 0) is 58.7 Å². The smallest absolute Gasteiger partial charge is 0.191 e. The third-order valence-electron chi connectivity index (χ3n) is 4.94. The normalized spacial score (nSPS) is 17.8. The highest BCUT2D eigenvalue weighted by molar-refractivity contribution is 7.10. The first-order chi connectivity index (χ1) is 12.2. The van der Waals surface area contributed by atoms with Gasteiger partial charge in [-0.2, -0.15) is 11.3 Å². The second-order valence-electron chi connectivity index (χ2n) is 6.73. The molecular formula is C19H28N4S2. The van der Waals surface area contributed by atoms with Gasteiger partial charge in [-0.1, -0.05) is 6.92 Å². The molecule has 1 aliphatic rings. The van der Waals surface area contributed by atoms with Gasteiger partial charge < -0.3 is 10.6 Å². The molecule has 2 N–H and O–H groups in total. The summed E-state index contributed by atoms with van der Waals surface area (Å²) in [5.74, 6) is 1.38. The lowest BCUT2D eigenvalue weighted by atomic mass is 10.1. The lowest BCUT2D eigenvalue weighted by Crippen LogP contribution is -2.47. The number of nitrogens with one attached hydrogen (secondary N) is 2. The maximum absolute atomic E-state index is 4.37. The van der Waals surface area contributed by atoms with E-state index in [0.29, 0.717) is 12.0 Å². The van der Waals surface area contributed by atoms with E-state index in [1.807, 2.05) is 18.4 Å². The zero-order chi connectivity index (χ0) is 17.6. The van der Waals surface area contributed by atoms with Gasteiger partial charge >= 0.3 is 0 Å². The highest BCUT2D eigenvalue weighted by Crippen LogP contribution is 2.25. The number of rotatable bonds is 6. The molecule has 3 rings (SSSR count). The third kappa shape index (κ3) is 4.84. The first kappa shape index (κ1) is 18.4. The number of thiophene rings is 2. The summed E-state index contributed by atoms with van der Waals surface area (Å²) >= 11 is 3.65. The number of fused-ring (bicyclic) bond motifs is 1. The second-order valence-corrected chi connectivity index (χ2v) is 8.51. The number of hydrogen-bond donors (Lipinski definition) is 2. The molecule has 0 fully saturated rings. The quantitative estimate of drug-likeness (QED) is 0.598. The van der Waals surface area contributed by atoms with Gasteiger partial charge in [-0.3, -0.25) is 9.89 Å². The van der Waals surface area contributed by atoms with Crippen LogP contribution in [0.1, 0.15) is 35.8 Å². The van der Waals surface area contributed by atoms with Gasteiger partial charge in [0.2, 0.25) is 0 Å². The molecule has 2 aromatic heterocycles. The van der Waals surface area contributed by atoms with Crippen LogP contribution in [-0.2, 0) is 13.0 Å². The van der Waals surface area contributed by atoms with Crippen LogP contribution in [0.5, 0.6) is 0 Å². The van der Waals surface area contributed by atoms with Gasteiger partial charge in [0.25, 0.3) is 0 Å². The fourth-order valence-electron chi connectivity index (χ4n) is 3.16. The van der Waals surface area contributed by atoms with Crippen LogP contribution in [-0.4, -0.2) is 43.6 Å². The summed E-state index contributed by atoms with van der Waals surface area (Å²) < 4.78 is 0. The van der Waals surface area contributed by atoms with Crippen molar-refractivity contribution in [3.05, 3.63) is 44.3 Å². The van der Waals surface area contributed by atoms with E-state index >= 15 is 0 Å². The maximum atomic E-state index is 4.37. The molecule has 0 saturated heterocycles. The second kappa shape index (κ2) is 8.83. The lowest BCUT2D eigenvalue weighted by molar-refractivity contribution is 0.192. The van der Waals surface area contributed by atoms with Crippen molar-refractivity contribution in [3.63, 3.8) is 0 Å². The molecule has 0 spiro atoms. The molecule has 6 heteroatoms. The van der Waals surface area contributed by atoms with Crippen molar-refractivity contribution in [2.75, 3.05) is 26.7 Å². The first-order valence-corrected chi connectivity index (χ1v) is 10.8. The molecule has 0 aliphatic carbocycles. The van der Waals surface area contributed by atoms with Crippen molar-refractivity contribution in [3.8, 4) is 0 Å². The third-order valence-corrected chi connectivity index (χ3v) is 6.66. The molecule has 0 bridgehead atoms. The Balaban J connectivity index is 1.43. The standard InChI is InChI=1S/C19H28N4S2/c1-14(17-5-8-24-13-17)10-21-19(20-3)22-11-15(2)23-7-4-18-16(12-23)6-9-25-18/h5-6,8-9,13-15H,4,7,10-12H2,1-3H3,(H2,20,21,22). The fraction of sp³-hybridized carbons (Fsp3) is 0.526. The molecule has 0 amide bonds. The van der Waals surface area contributed by atoms with E-state index in [2.05, 4.69) is 62.6 Å². The van der Waals surface area contributed by atoms with Crippen molar-refractivity contribution in [1.29, 1.82) is 0 Å². The van der Waals surface area contributed by atoms with E-state index in [1.54, 1.807) is 16.2 Å². The Labute approximate surface area is 159 Å². The largest absolute Gasteiger partial charge is 0.356 e. The minimum absolute atomic E-state index is 0.487. The Hall–Kier alpha value is -1.37. The van der Waals surface area contributed by atoms with Gasteiger partial charge in [-0.15, -0.1) is 11.3 Å². The SMILES string of the molecule is CN=C(NCC(C)c1ccsc1)NCC(C)N1CCc2sccc2C1. The van der Waals surface area contributed by atoms with Crippen molar-refractivity contribution >= 4 is 28.6 Å². The van der Waals surface area contributed by atoms with E-state index in [-0.39, 0.29) is 0 Å². The summed E-state index contributed by atoms with van der Waals surface area (Å²) in [5.41, 5.74) is 2.90. The predicted molar refractivity (Wildman–Crippen MR) is 110 cm³/mol. The molecule has 0 radical (unpaired) electrons. The van der Waals surface area contributed by atoms with E-state index in [0.717, 1.165) is 32.1 Å². The van der Waals surface area contributed by atoms with E-state index in [9.17, 15) is 0 Å². The summed E-state index contributed by atoms with van der Waals surface area (Å²) in [6.45, 7) is 8.57. The Morgan fingerprint density at radius 3 is 2.84 bits per heavy atom. The highest BCUT2D eigenvalue weighted by atomic mass is 32.1. The minimum Gasteiger partial charge on any atom is -0.356 e. The van der Waals surface area contributed by atoms with E-state index in [1.165, 1.54) is 17.5 Å². The van der Waals surface area contributed by atoms with Gasteiger partial charge in [-0.25, -0.2) is 0 Å². The van der Waals surface area contributed by atoms with Crippen LogP contribution in [0, 0.1) is 0 Å². The fourth-order valence-corrected chi connectivity index (χ4v) is 4.84. The van der Waals surface area contributed by atoms with Crippen LogP contribution in [0.4, 0.5) is 0 Å². The molecule has 136 valence electrons. The Morgan fingerprint density at radius 1 is 1.24 bits per heavy atom. The van der Waals surface area contributed by atoms with E-state index < -0.39 is 0 Å². The van der Waals surface area contributed by atoms with Crippen LogP contribution in [0.2, 0.25) is 0 Å². The summed E-state index contributed by atoms with van der Waals surface area (Å²) in [5, 5.41) is 13.5. The van der Waals surface area contributed by atoms with Crippen molar-refractivity contribution < 1.29 is 0 Å². The van der Waals surface area contributed by atoms with Crippen LogP contribution in [0.25, 0.3) is 0 Å². The number of hydrogen-bond acceptors (Lipinski definition) is 4. The lowest BCUT2D eigenvalue weighted by Gasteiger charge is -2.32. The zero-order valence-corrected chi connectivity index (χ0v) is 16.9. The summed E-state index contributed by atoms with van der Waals surface area (Å²) in [6.07, 6.45) is 1.18. The van der Waals surface area contributed by atoms with Gasteiger partial charge in [0, 0.05) is 44.1 Å². The average Bonchev–Trinajstić information content (AvgIpc) is 3.32. The average molecular weight is 377 g/mol. The number of aliphatic imine (C=N–C) groups is 1. The van der Waals surface area contributed by atoms with Crippen LogP contribution >= 0.6 is 22.7 Å². The molecule has 2 unspecified atom stereocenters. The van der Waals surface area contributed by atoms with Gasteiger partial charge in [0.15, 0.2) is 5.96 Å². The summed E-state index contributed by atoms with van der Waals surface area (Å²) in [4.78, 5) is 8.49. The molecule has 1 aliphatic heterocycles. The molecule has 2 atom stereocenters. The maximum Gasteiger partial charge on any atom is 0.191 e. The van der Waals surface area contributed by atoms with Crippen LogP contribution in [0.15, 0.2) is 33.3 Å². The van der Waals surface area contributed by atoms with Crippen molar-refractivity contribution in [2.45, 2.75) is 38.8 Å². The first-order valence-electron chi connectivity index (χ1n) is 8.93. The van der Waals surface area contributed by atoms with Crippen LogP contribution in [0.3, 0.4) is 0 Å². The Morgan fingerprint density at radius 2 is 2.08 bits per heavy atom. The molecule has 3 heterocycles. The molecule has 2 aromatic rings. The zero-order valence-electron chi connectivity index (χ0n) is 15.3. The van der Waals surface area contributed by atoms with Crippen molar-refractivity contribution in [2.24, 2.45) is 4.99 Å². The van der Waals surface area contributed by atoms with Gasteiger partial charge in [0.05, 0.1) is 0 Å². The Bertz CT molecular complexity index is 677. The molecule has 4 nitrogen and oxygen atoms in total. The van der Waals surface area contributed by atoms with Gasteiger partial charge in [0.1, 0.15) is 0 Å². The number of nitrogens with zero attached hydrogens (tertiary/aromatic N) is 2. The van der Waals surface area contributed by atoms with Crippen molar-refractivity contribution in [1.82, 2.24) is 15.5 Å². The molecule has 0 saturated carbocycles. The molecular weight excluding hydrogens is 348 g/mol. The highest BCUT2D eigenvalue weighted by Gasteiger charge is 2.21. The number of guanidine groups is 1. The summed E-state index contributed by atoms with van der Waals surface area (Å²) in [7, 11) is 1.84.